The minimum atomic E-state index is -0.0117. The van der Waals surface area contributed by atoms with Crippen molar-refractivity contribution < 1.29 is 9.53 Å². The standard InChI is InChI=1S/C15H20BrNO2/c1-11(2)8-15(18)17-6-7-19-14(10-17)12-4-3-5-13(16)9-12/h3-5,9,11,14H,6-8,10H2,1-2H3. The highest BCUT2D eigenvalue weighted by molar-refractivity contribution is 9.10. The first-order valence-corrected chi connectivity index (χ1v) is 7.50. The molecule has 1 aromatic rings. The van der Waals surface area contributed by atoms with E-state index in [0.29, 0.717) is 32.0 Å². The van der Waals surface area contributed by atoms with Gasteiger partial charge in [-0.2, -0.15) is 0 Å². The molecule has 0 aliphatic carbocycles. The van der Waals surface area contributed by atoms with E-state index in [1.807, 2.05) is 23.1 Å². The van der Waals surface area contributed by atoms with Crippen molar-refractivity contribution in [2.75, 3.05) is 19.7 Å². The summed E-state index contributed by atoms with van der Waals surface area (Å²) in [5.74, 6) is 0.637. The van der Waals surface area contributed by atoms with Crippen LogP contribution in [0, 0.1) is 5.92 Å². The van der Waals surface area contributed by atoms with Crippen LogP contribution in [0.3, 0.4) is 0 Å². The minimum absolute atomic E-state index is 0.0117. The van der Waals surface area contributed by atoms with Crippen molar-refractivity contribution in [1.29, 1.82) is 0 Å². The van der Waals surface area contributed by atoms with Gasteiger partial charge in [0.2, 0.25) is 5.91 Å². The molecule has 0 N–H and O–H groups in total. The van der Waals surface area contributed by atoms with E-state index in [4.69, 9.17) is 4.74 Å². The maximum absolute atomic E-state index is 12.1. The number of amides is 1. The molecule has 0 spiro atoms. The van der Waals surface area contributed by atoms with Crippen molar-refractivity contribution in [3.05, 3.63) is 34.3 Å². The number of ether oxygens (including phenoxy) is 1. The smallest absolute Gasteiger partial charge is 0.223 e. The topological polar surface area (TPSA) is 29.5 Å². The highest BCUT2D eigenvalue weighted by Gasteiger charge is 2.25. The number of benzene rings is 1. The lowest BCUT2D eigenvalue weighted by atomic mass is 10.1. The summed E-state index contributed by atoms with van der Waals surface area (Å²) in [6, 6.07) is 8.10. The van der Waals surface area contributed by atoms with Gasteiger partial charge in [0.05, 0.1) is 13.2 Å². The van der Waals surface area contributed by atoms with E-state index in [-0.39, 0.29) is 12.0 Å². The van der Waals surface area contributed by atoms with Crippen LogP contribution in [0.5, 0.6) is 0 Å². The van der Waals surface area contributed by atoms with Crippen molar-refractivity contribution in [2.45, 2.75) is 26.4 Å². The molecule has 1 aliphatic heterocycles. The lowest BCUT2D eigenvalue weighted by Crippen LogP contribution is -2.42. The van der Waals surface area contributed by atoms with Crippen molar-refractivity contribution in [2.24, 2.45) is 5.92 Å². The summed E-state index contributed by atoms with van der Waals surface area (Å²) in [7, 11) is 0. The van der Waals surface area contributed by atoms with Gasteiger partial charge in [-0.15, -0.1) is 0 Å². The Labute approximate surface area is 123 Å². The molecule has 1 aromatic carbocycles. The van der Waals surface area contributed by atoms with Gasteiger partial charge < -0.3 is 9.64 Å². The Morgan fingerprint density at radius 3 is 3.00 bits per heavy atom. The predicted molar refractivity (Wildman–Crippen MR) is 78.9 cm³/mol. The zero-order chi connectivity index (χ0) is 13.8. The van der Waals surface area contributed by atoms with E-state index in [2.05, 4.69) is 35.8 Å². The van der Waals surface area contributed by atoms with Crippen LogP contribution in [0.4, 0.5) is 0 Å². The fourth-order valence-corrected chi connectivity index (χ4v) is 2.68. The molecule has 1 amide bonds. The lowest BCUT2D eigenvalue weighted by Gasteiger charge is -2.33. The molecule has 1 heterocycles. The number of hydrogen-bond acceptors (Lipinski definition) is 2. The molecule has 0 radical (unpaired) electrons. The monoisotopic (exact) mass is 325 g/mol. The van der Waals surface area contributed by atoms with Gasteiger partial charge in [0.25, 0.3) is 0 Å². The number of carbonyl (C=O) groups is 1. The molecule has 1 unspecified atom stereocenters. The van der Waals surface area contributed by atoms with Gasteiger partial charge in [0.1, 0.15) is 6.10 Å². The van der Waals surface area contributed by atoms with Crippen molar-refractivity contribution >= 4 is 21.8 Å². The molecule has 4 heteroatoms. The van der Waals surface area contributed by atoms with Crippen LogP contribution < -0.4 is 0 Å². The lowest BCUT2D eigenvalue weighted by molar-refractivity contribution is -0.139. The quantitative estimate of drug-likeness (QED) is 0.852. The molecule has 3 nitrogen and oxygen atoms in total. The average molecular weight is 326 g/mol. The summed E-state index contributed by atoms with van der Waals surface area (Å²) in [5, 5.41) is 0. The molecule has 104 valence electrons. The highest BCUT2D eigenvalue weighted by atomic mass is 79.9. The summed E-state index contributed by atoms with van der Waals surface area (Å²) >= 11 is 3.47. The molecule has 1 aliphatic rings. The first kappa shape index (κ1) is 14.5. The van der Waals surface area contributed by atoms with Crippen LogP contribution in [0.2, 0.25) is 0 Å². The van der Waals surface area contributed by atoms with Gasteiger partial charge in [-0.3, -0.25) is 4.79 Å². The summed E-state index contributed by atoms with van der Waals surface area (Å²) in [6.45, 7) is 6.12. The number of halogens is 1. The Bertz CT molecular complexity index is 448. The van der Waals surface area contributed by atoms with Gasteiger partial charge in [0.15, 0.2) is 0 Å². The number of morpholine rings is 1. The molecule has 2 rings (SSSR count). The van der Waals surface area contributed by atoms with Crippen molar-refractivity contribution in [3.8, 4) is 0 Å². The fourth-order valence-electron chi connectivity index (χ4n) is 2.26. The van der Waals surface area contributed by atoms with Crippen LogP contribution in [0.25, 0.3) is 0 Å². The maximum Gasteiger partial charge on any atom is 0.223 e. The summed E-state index contributed by atoms with van der Waals surface area (Å²) in [5.41, 5.74) is 1.12. The Morgan fingerprint density at radius 1 is 1.53 bits per heavy atom. The number of hydrogen-bond donors (Lipinski definition) is 0. The van der Waals surface area contributed by atoms with Crippen molar-refractivity contribution in [1.82, 2.24) is 4.90 Å². The largest absolute Gasteiger partial charge is 0.370 e. The summed E-state index contributed by atoms with van der Waals surface area (Å²) in [4.78, 5) is 14.0. The molecular formula is C15H20BrNO2. The molecule has 0 bridgehead atoms. The van der Waals surface area contributed by atoms with Gasteiger partial charge in [-0.25, -0.2) is 0 Å². The van der Waals surface area contributed by atoms with Crippen LogP contribution >= 0.6 is 15.9 Å². The van der Waals surface area contributed by atoms with Crippen LogP contribution in [-0.4, -0.2) is 30.5 Å². The molecule has 0 saturated carbocycles. The second kappa shape index (κ2) is 6.53. The summed E-state index contributed by atoms with van der Waals surface area (Å²) in [6.07, 6.45) is 0.605. The Balaban J connectivity index is 2.03. The number of nitrogens with zero attached hydrogens (tertiary/aromatic N) is 1. The van der Waals surface area contributed by atoms with Gasteiger partial charge >= 0.3 is 0 Å². The Hall–Kier alpha value is -0.870. The second-order valence-electron chi connectivity index (χ2n) is 5.35. The van der Waals surface area contributed by atoms with Crippen molar-refractivity contribution in [3.63, 3.8) is 0 Å². The van der Waals surface area contributed by atoms with Gasteiger partial charge in [-0.05, 0) is 23.6 Å². The summed E-state index contributed by atoms with van der Waals surface area (Å²) < 4.78 is 6.83. The zero-order valence-corrected chi connectivity index (χ0v) is 13.0. The van der Waals surface area contributed by atoms with Gasteiger partial charge in [-0.1, -0.05) is 41.9 Å². The normalized spacial score (nSPS) is 19.8. The van der Waals surface area contributed by atoms with E-state index in [9.17, 15) is 4.79 Å². The van der Waals surface area contributed by atoms with E-state index in [1.54, 1.807) is 0 Å². The SMILES string of the molecule is CC(C)CC(=O)N1CCOC(c2cccc(Br)c2)C1. The third kappa shape index (κ3) is 4.05. The van der Waals surface area contributed by atoms with E-state index >= 15 is 0 Å². The highest BCUT2D eigenvalue weighted by Crippen LogP contribution is 2.25. The van der Waals surface area contributed by atoms with Crippen LogP contribution in [-0.2, 0) is 9.53 Å². The Kier molecular flexibility index (Phi) is 4.99. The van der Waals surface area contributed by atoms with E-state index < -0.39 is 0 Å². The zero-order valence-electron chi connectivity index (χ0n) is 11.4. The van der Waals surface area contributed by atoms with E-state index in [0.717, 1.165) is 10.0 Å². The molecule has 1 atom stereocenters. The molecule has 1 fully saturated rings. The molecule has 19 heavy (non-hydrogen) atoms. The number of carbonyl (C=O) groups excluding carboxylic acids is 1. The molecular weight excluding hydrogens is 306 g/mol. The third-order valence-electron chi connectivity index (χ3n) is 3.22. The molecule has 0 aromatic heterocycles. The van der Waals surface area contributed by atoms with Crippen LogP contribution in [0.15, 0.2) is 28.7 Å². The third-order valence-corrected chi connectivity index (χ3v) is 3.72. The van der Waals surface area contributed by atoms with Gasteiger partial charge in [0, 0.05) is 17.4 Å². The predicted octanol–water partition coefficient (Wildman–Crippen LogP) is 3.40. The molecule has 1 saturated heterocycles. The first-order valence-electron chi connectivity index (χ1n) is 6.71. The number of rotatable bonds is 3. The fraction of sp³-hybridized carbons (Fsp3) is 0.533. The second-order valence-corrected chi connectivity index (χ2v) is 6.27. The average Bonchev–Trinajstić information content (AvgIpc) is 2.38. The Morgan fingerprint density at radius 2 is 2.32 bits per heavy atom. The minimum Gasteiger partial charge on any atom is -0.370 e. The maximum atomic E-state index is 12.1. The van der Waals surface area contributed by atoms with E-state index in [1.165, 1.54) is 0 Å². The van der Waals surface area contributed by atoms with Crippen LogP contribution in [0.1, 0.15) is 31.9 Å². The first-order chi connectivity index (χ1) is 9.06.